The fraction of sp³-hybridized carbons (Fsp3) is 0.450. The molecule has 1 aliphatic rings. The minimum absolute atomic E-state index is 0.00642. The van der Waals surface area contributed by atoms with Crippen molar-refractivity contribution in [3.63, 3.8) is 0 Å². The number of rotatable bonds is 7. The number of hydrogen-bond donors (Lipinski definition) is 4. The molecule has 0 saturated carbocycles. The predicted molar refractivity (Wildman–Crippen MR) is 108 cm³/mol. The van der Waals surface area contributed by atoms with Gasteiger partial charge < -0.3 is 30.1 Å². The molecule has 5 atom stereocenters. The SMILES string of the molecule is CCC(Nc1ncnc2c1ncn2[C@@H]1O[C@H](CO)[C@@H](O)[C@H]1O)c1ccc(OC)cc1. The summed E-state index contributed by atoms with van der Waals surface area (Å²) in [6.45, 7) is 1.67. The summed E-state index contributed by atoms with van der Waals surface area (Å²) in [6.07, 6.45) is -0.489. The molecule has 0 aliphatic carbocycles. The third kappa shape index (κ3) is 3.58. The third-order valence-corrected chi connectivity index (χ3v) is 5.39. The first kappa shape index (κ1) is 20.5. The number of aliphatic hydroxyl groups excluding tert-OH is 3. The highest BCUT2D eigenvalue weighted by Crippen LogP contribution is 2.33. The molecule has 2 aromatic heterocycles. The van der Waals surface area contributed by atoms with E-state index in [2.05, 4.69) is 27.2 Å². The molecule has 10 heteroatoms. The Morgan fingerprint density at radius 2 is 1.93 bits per heavy atom. The zero-order valence-corrected chi connectivity index (χ0v) is 16.7. The van der Waals surface area contributed by atoms with Crippen molar-refractivity contribution in [1.29, 1.82) is 0 Å². The molecule has 1 aliphatic heterocycles. The number of fused-ring (bicyclic) bond motifs is 1. The summed E-state index contributed by atoms with van der Waals surface area (Å²) in [5, 5.41) is 33.1. The number of methoxy groups -OCH3 is 1. The number of nitrogens with one attached hydrogen (secondary N) is 1. The summed E-state index contributed by atoms with van der Waals surface area (Å²) in [7, 11) is 1.63. The van der Waals surface area contributed by atoms with E-state index < -0.39 is 31.1 Å². The van der Waals surface area contributed by atoms with Gasteiger partial charge in [-0.1, -0.05) is 19.1 Å². The van der Waals surface area contributed by atoms with Crippen LogP contribution in [0, 0.1) is 0 Å². The minimum Gasteiger partial charge on any atom is -0.497 e. The van der Waals surface area contributed by atoms with Crippen LogP contribution in [-0.4, -0.2) is 66.9 Å². The first-order valence-electron chi connectivity index (χ1n) is 9.77. The van der Waals surface area contributed by atoms with E-state index in [1.807, 2.05) is 24.3 Å². The Balaban J connectivity index is 1.63. The molecule has 1 unspecified atom stereocenters. The maximum Gasteiger partial charge on any atom is 0.167 e. The van der Waals surface area contributed by atoms with Gasteiger partial charge in [0, 0.05) is 0 Å². The van der Waals surface area contributed by atoms with Crippen LogP contribution in [0.15, 0.2) is 36.9 Å². The van der Waals surface area contributed by atoms with E-state index in [4.69, 9.17) is 9.47 Å². The van der Waals surface area contributed by atoms with Gasteiger partial charge >= 0.3 is 0 Å². The number of aliphatic hydroxyl groups is 3. The van der Waals surface area contributed by atoms with Crippen molar-refractivity contribution in [3.8, 4) is 5.75 Å². The number of imidazole rings is 1. The van der Waals surface area contributed by atoms with Gasteiger partial charge in [-0.05, 0) is 24.1 Å². The number of nitrogens with zero attached hydrogens (tertiary/aromatic N) is 4. The molecular weight excluding hydrogens is 390 g/mol. The second-order valence-electron chi connectivity index (χ2n) is 7.15. The molecule has 4 rings (SSSR count). The molecule has 0 amide bonds. The standard InChI is InChI=1S/C20H25N5O5/c1-3-13(11-4-6-12(29-2)7-5-11)24-18-15-19(22-9-21-18)25(10-23-15)20-17(28)16(27)14(8-26)30-20/h4-7,9-10,13-14,16-17,20,26-28H,3,8H2,1-2H3,(H,21,22,24)/t13?,14-,16-,17-,20-/m1/s1. The van der Waals surface area contributed by atoms with Gasteiger partial charge in [-0.25, -0.2) is 15.0 Å². The molecule has 1 fully saturated rings. The summed E-state index contributed by atoms with van der Waals surface area (Å²) in [4.78, 5) is 13.0. The van der Waals surface area contributed by atoms with E-state index in [1.165, 1.54) is 12.7 Å². The largest absolute Gasteiger partial charge is 0.497 e. The Labute approximate surface area is 173 Å². The van der Waals surface area contributed by atoms with Crippen LogP contribution in [0.3, 0.4) is 0 Å². The van der Waals surface area contributed by atoms with Crippen LogP contribution in [-0.2, 0) is 4.74 Å². The number of benzene rings is 1. The van der Waals surface area contributed by atoms with Crippen LogP contribution in [0.5, 0.6) is 5.75 Å². The van der Waals surface area contributed by atoms with Crippen molar-refractivity contribution in [2.24, 2.45) is 0 Å². The van der Waals surface area contributed by atoms with Crippen molar-refractivity contribution in [2.45, 2.75) is 43.9 Å². The lowest BCUT2D eigenvalue weighted by atomic mass is 10.0. The summed E-state index contributed by atoms with van der Waals surface area (Å²) in [6, 6.07) is 7.80. The number of ether oxygens (including phenoxy) is 2. The summed E-state index contributed by atoms with van der Waals surface area (Å²) >= 11 is 0. The lowest BCUT2D eigenvalue weighted by Crippen LogP contribution is -2.33. The zero-order valence-electron chi connectivity index (χ0n) is 16.7. The van der Waals surface area contributed by atoms with Crippen molar-refractivity contribution in [1.82, 2.24) is 19.5 Å². The summed E-state index contributed by atoms with van der Waals surface area (Å²) in [5.74, 6) is 1.34. The molecule has 0 spiro atoms. The van der Waals surface area contributed by atoms with Crippen LogP contribution < -0.4 is 10.1 Å². The molecule has 160 valence electrons. The Bertz CT molecular complexity index is 995. The van der Waals surface area contributed by atoms with E-state index in [9.17, 15) is 15.3 Å². The lowest BCUT2D eigenvalue weighted by molar-refractivity contribution is -0.0511. The van der Waals surface area contributed by atoms with E-state index in [0.717, 1.165) is 17.7 Å². The molecule has 3 aromatic rings. The summed E-state index contributed by atoms with van der Waals surface area (Å²) in [5.41, 5.74) is 2.04. The quantitative estimate of drug-likeness (QED) is 0.446. The Morgan fingerprint density at radius 3 is 2.57 bits per heavy atom. The lowest BCUT2D eigenvalue weighted by Gasteiger charge is -2.19. The zero-order chi connectivity index (χ0) is 21.3. The van der Waals surface area contributed by atoms with E-state index >= 15 is 0 Å². The number of hydrogen-bond acceptors (Lipinski definition) is 9. The Kier molecular flexibility index (Phi) is 5.82. The first-order valence-corrected chi connectivity index (χ1v) is 9.77. The van der Waals surface area contributed by atoms with E-state index in [-0.39, 0.29) is 6.04 Å². The van der Waals surface area contributed by atoms with Crippen molar-refractivity contribution in [3.05, 3.63) is 42.5 Å². The molecular formula is C20H25N5O5. The minimum atomic E-state index is -1.21. The van der Waals surface area contributed by atoms with E-state index in [0.29, 0.717) is 17.0 Å². The molecule has 3 heterocycles. The molecule has 1 saturated heterocycles. The average molecular weight is 415 g/mol. The Morgan fingerprint density at radius 1 is 1.17 bits per heavy atom. The maximum atomic E-state index is 10.3. The van der Waals surface area contributed by atoms with Crippen LogP contribution in [0.25, 0.3) is 11.2 Å². The molecule has 0 radical (unpaired) electrons. The van der Waals surface area contributed by atoms with Crippen LogP contribution in [0.2, 0.25) is 0 Å². The van der Waals surface area contributed by atoms with Gasteiger partial charge in [0.2, 0.25) is 0 Å². The van der Waals surface area contributed by atoms with Gasteiger partial charge in [0.1, 0.15) is 30.4 Å². The average Bonchev–Trinajstić information content (AvgIpc) is 3.33. The Hall–Kier alpha value is -2.79. The van der Waals surface area contributed by atoms with Gasteiger partial charge in [-0.15, -0.1) is 0 Å². The van der Waals surface area contributed by atoms with Gasteiger partial charge in [-0.3, -0.25) is 4.57 Å². The van der Waals surface area contributed by atoms with Crippen LogP contribution in [0.4, 0.5) is 5.82 Å². The summed E-state index contributed by atoms with van der Waals surface area (Å²) < 4.78 is 12.4. The fourth-order valence-electron chi connectivity index (χ4n) is 3.68. The molecule has 4 N–H and O–H groups in total. The number of aromatic nitrogens is 4. The van der Waals surface area contributed by atoms with Crippen molar-refractivity contribution < 1.29 is 24.8 Å². The second kappa shape index (κ2) is 8.52. The van der Waals surface area contributed by atoms with Gasteiger partial charge in [0.05, 0.1) is 26.1 Å². The van der Waals surface area contributed by atoms with Crippen LogP contribution in [0.1, 0.15) is 31.2 Å². The highest BCUT2D eigenvalue weighted by Gasteiger charge is 2.44. The van der Waals surface area contributed by atoms with Gasteiger partial charge in [-0.2, -0.15) is 0 Å². The molecule has 0 bridgehead atoms. The van der Waals surface area contributed by atoms with Gasteiger partial charge in [0.15, 0.2) is 23.2 Å². The maximum absolute atomic E-state index is 10.3. The highest BCUT2D eigenvalue weighted by molar-refractivity contribution is 5.83. The first-order chi connectivity index (χ1) is 14.6. The van der Waals surface area contributed by atoms with Crippen molar-refractivity contribution >= 4 is 17.0 Å². The molecule has 10 nitrogen and oxygen atoms in total. The third-order valence-electron chi connectivity index (χ3n) is 5.39. The van der Waals surface area contributed by atoms with Crippen molar-refractivity contribution in [2.75, 3.05) is 19.0 Å². The monoisotopic (exact) mass is 415 g/mol. The highest BCUT2D eigenvalue weighted by atomic mass is 16.6. The normalized spacial score (nSPS) is 24.8. The molecule has 1 aromatic carbocycles. The number of anilines is 1. The van der Waals surface area contributed by atoms with Gasteiger partial charge in [0.25, 0.3) is 0 Å². The fourth-order valence-corrected chi connectivity index (χ4v) is 3.68. The van der Waals surface area contributed by atoms with Crippen LogP contribution >= 0.6 is 0 Å². The second-order valence-corrected chi connectivity index (χ2v) is 7.15. The topological polar surface area (TPSA) is 135 Å². The predicted octanol–water partition coefficient (Wildman–Crippen LogP) is 1.01. The molecule has 30 heavy (non-hydrogen) atoms. The smallest absolute Gasteiger partial charge is 0.167 e. The van der Waals surface area contributed by atoms with E-state index in [1.54, 1.807) is 11.7 Å².